The van der Waals surface area contributed by atoms with E-state index in [0.717, 1.165) is 31.4 Å². The number of unbranched alkanes of at least 4 members (excludes halogenated alkanes) is 1. The number of phenolic OH excluding ortho intramolecular Hbond substituents is 1. The van der Waals surface area contributed by atoms with Crippen molar-refractivity contribution >= 4 is 0 Å². The van der Waals surface area contributed by atoms with Gasteiger partial charge in [0.2, 0.25) is 0 Å². The third-order valence-electron chi connectivity index (χ3n) is 3.94. The Morgan fingerprint density at radius 1 is 1.20 bits per heavy atom. The smallest absolute Gasteiger partial charge is 0.115 e. The highest BCUT2D eigenvalue weighted by atomic mass is 16.3. The predicted octanol–water partition coefficient (Wildman–Crippen LogP) is 0.113. The summed E-state index contributed by atoms with van der Waals surface area (Å²) >= 11 is 0. The Bertz CT molecular complexity index is 426. The van der Waals surface area contributed by atoms with Crippen molar-refractivity contribution in [1.82, 2.24) is 4.90 Å². The van der Waals surface area contributed by atoms with E-state index in [9.17, 15) is 20.4 Å². The lowest BCUT2D eigenvalue weighted by Gasteiger charge is -2.23. The largest absolute Gasteiger partial charge is 0.508 e. The number of likely N-dealkylation sites (tertiary alicyclic amines) is 1. The summed E-state index contributed by atoms with van der Waals surface area (Å²) in [6.45, 7) is 1.03. The molecule has 1 aliphatic rings. The Balaban J connectivity index is 1.73. The van der Waals surface area contributed by atoms with Crippen molar-refractivity contribution in [2.75, 3.05) is 19.7 Å². The number of aliphatic hydroxyl groups excluding tert-OH is 3. The molecule has 0 saturated carbocycles. The number of β-amino-alcohol motifs (C(OH)–C–C–N with tert-alkyl or cyclic N) is 1. The van der Waals surface area contributed by atoms with Crippen molar-refractivity contribution in [3.05, 3.63) is 29.8 Å². The van der Waals surface area contributed by atoms with E-state index in [1.807, 2.05) is 17.0 Å². The van der Waals surface area contributed by atoms with E-state index in [4.69, 9.17) is 0 Å². The first-order valence-corrected chi connectivity index (χ1v) is 7.10. The highest BCUT2D eigenvalue weighted by Gasteiger charge is 2.38. The standard InChI is InChI=1S/C15H23NO4/c17-10-13-15(20)14(19)9-16(13)7-2-1-4-11-5-3-6-12(18)8-11/h3,5-6,8,13-15,17-20H,1-2,4,7,9-10H2/t13-,14-,15-/m1/s1. The maximum atomic E-state index is 9.71. The van der Waals surface area contributed by atoms with Gasteiger partial charge in [0.25, 0.3) is 0 Å². The predicted molar refractivity (Wildman–Crippen MR) is 75.5 cm³/mol. The minimum absolute atomic E-state index is 0.134. The molecule has 1 aliphatic heterocycles. The number of rotatable bonds is 6. The van der Waals surface area contributed by atoms with Crippen LogP contribution in [0.1, 0.15) is 18.4 Å². The molecule has 5 heteroatoms. The normalized spacial score (nSPS) is 27.1. The molecule has 1 aromatic rings. The van der Waals surface area contributed by atoms with E-state index in [0.29, 0.717) is 6.54 Å². The first-order valence-electron chi connectivity index (χ1n) is 7.10. The van der Waals surface area contributed by atoms with Crippen molar-refractivity contribution in [2.24, 2.45) is 0 Å². The number of nitrogens with zero attached hydrogens (tertiary/aromatic N) is 1. The summed E-state index contributed by atoms with van der Waals surface area (Å²) in [5.41, 5.74) is 1.10. The Labute approximate surface area is 119 Å². The van der Waals surface area contributed by atoms with Crippen LogP contribution in [0.3, 0.4) is 0 Å². The molecule has 0 bridgehead atoms. The van der Waals surface area contributed by atoms with Gasteiger partial charge in [-0.25, -0.2) is 0 Å². The lowest BCUT2D eigenvalue weighted by molar-refractivity contribution is 0.0216. The van der Waals surface area contributed by atoms with Crippen LogP contribution in [-0.4, -0.2) is 63.3 Å². The van der Waals surface area contributed by atoms with E-state index in [1.165, 1.54) is 0 Å². The molecule has 4 N–H and O–H groups in total. The number of benzene rings is 1. The first-order chi connectivity index (χ1) is 9.61. The second-order valence-electron chi connectivity index (χ2n) is 5.43. The van der Waals surface area contributed by atoms with Crippen LogP contribution in [0.4, 0.5) is 0 Å². The molecule has 0 unspecified atom stereocenters. The average Bonchev–Trinajstić information content (AvgIpc) is 2.70. The van der Waals surface area contributed by atoms with Gasteiger partial charge in [-0.15, -0.1) is 0 Å². The van der Waals surface area contributed by atoms with Crippen molar-refractivity contribution in [2.45, 2.75) is 37.5 Å². The molecule has 0 aliphatic carbocycles. The molecular formula is C15H23NO4. The Kier molecular flexibility index (Phi) is 5.37. The van der Waals surface area contributed by atoms with Crippen molar-refractivity contribution < 1.29 is 20.4 Å². The van der Waals surface area contributed by atoms with Gasteiger partial charge in [0.05, 0.1) is 24.9 Å². The van der Waals surface area contributed by atoms with E-state index < -0.39 is 12.2 Å². The highest BCUT2D eigenvalue weighted by Crippen LogP contribution is 2.19. The SMILES string of the molecule is OC[C@@H]1[C@@H](O)[C@H](O)CN1CCCCc1cccc(O)c1. The number of aliphatic hydroxyl groups is 3. The van der Waals surface area contributed by atoms with Crippen LogP contribution in [0.25, 0.3) is 0 Å². The fourth-order valence-electron chi connectivity index (χ4n) is 2.79. The van der Waals surface area contributed by atoms with E-state index in [1.54, 1.807) is 12.1 Å². The number of phenols is 1. The van der Waals surface area contributed by atoms with E-state index in [2.05, 4.69) is 0 Å². The Morgan fingerprint density at radius 3 is 2.70 bits per heavy atom. The number of hydrogen-bond acceptors (Lipinski definition) is 5. The number of hydrogen-bond donors (Lipinski definition) is 4. The quantitative estimate of drug-likeness (QED) is 0.556. The lowest BCUT2D eigenvalue weighted by atomic mass is 10.1. The summed E-state index contributed by atoms with van der Waals surface area (Å²) in [7, 11) is 0. The van der Waals surface area contributed by atoms with Gasteiger partial charge >= 0.3 is 0 Å². The molecule has 5 nitrogen and oxygen atoms in total. The minimum atomic E-state index is -0.855. The minimum Gasteiger partial charge on any atom is -0.508 e. The summed E-state index contributed by atoms with van der Waals surface area (Å²) in [6, 6.07) is 6.88. The van der Waals surface area contributed by atoms with Crippen LogP contribution >= 0.6 is 0 Å². The van der Waals surface area contributed by atoms with Gasteiger partial charge in [0.1, 0.15) is 5.75 Å². The molecule has 0 radical (unpaired) electrons. The van der Waals surface area contributed by atoms with E-state index >= 15 is 0 Å². The summed E-state index contributed by atoms with van der Waals surface area (Å²) in [5, 5.41) is 37.9. The summed E-state index contributed by atoms with van der Waals surface area (Å²) in [6.07, 6.45) is 1.15. The molecular weight excluding hydrogens is 258 g/mol. The van der Waals surface area contributed by atoms with Crippen LogP contribution in [0.5, 0.6) is 5.75 Å². The molecule has 1 heterocycles. The van der Waals surface area contributed by atoms with Gasteiger partial charge in [0, 0.05) is 6.54 Å². The molecule has 20 heavy (non-hydrogen) atoms. The van der Waals surface area contributed by atoms with E-state index in [-0.39, 0.29) is 18.4 Å². The zero-order chi connectivity index (χ0) is 14.5. The maximum Gasteiger partial charge on any atom is 0.115 e. The van der Waals surface area contributed by atoms with Gasteiger partial charge in [-0.2, -0.15) is 0 Å². The van der Waals surface area contributed by atoms with Crippen molar-refractivity contribution in [3.8, 4) is 5.75 Å². The zero-order valence-electron chi connectivity index (χ0n) is 11.5. The fourth-order valence-corrected chi connectivity index (χ4v) is 2.79. The van der Waals surface area contributed by atoms with Gasteiger partial charge in [-0.3, -0.25) is 4.90 Å². The van der Waals surface area contributed by atoms with Crippen LogP contribution in [0.15, 0.2) is 24.3 Å². The third-order valence-corrected chi connectivity index (χ3v) is 3.94. The van der Waals surface area contributed by atoms with Crippen LogP contribution in [0, 0.1) is 0 Å². The molecule has 0 aromatic heterocycles. The summed E-state index contributed by atoms with van der Waals surface area (Å²) in [5.74, 6) is 0.286. The van der Waals surface area contributed by atoms with Gasteiger partial charge < -0.3 is 20.4 Å². The Hall–Kier alpha value is -1.14. The van der Waals surface area contributed by atoms with Gasteiger partial charge in [-0.1, -0.05) is 12.1 Å². The van der Waals surface area contributed by atoms with Crippen LogP contribution in [0.2, 0.25) is 0 Å². The topological polar surface area (TPSA) is 84.2 Å². The fraction of sp³-hybridized carbons (Fsp3) is 0.600. The maximum absolute atomic E-state index is 9.71. The van der Waals surface area contributed by atoms with Gasteiger partial charge in [0.15, 0.2) is 0 Å². The summed E-state index contributed by atoms with van der Waals surface area (Å²) in [4.78, 5) is 1.94. The zero-order valence-corrected chi connectivity index (χ0v) is 11.5. The highest BCUT2D eigenvalue weighted by molar-refractivity contribution is 5.27. The monoisotopic (exact) mass is 281 g/mol. The average molecular weight is 281 g/mol. The Morgan fingerprint density at radius 2 is 2.00 bits per heavy atom. The van der Waals surface area contributed by atoms with Gasteiger partial charge in [-0.05, 0) is 43.5 Å². The number of aromatic hydroxyl groups is 1. The first kappa shape index (κ1) is 15.3. The molecule has 3 atom stereocenters. The molecule has 1 fully saturated rings. The molecule has 2 rings (SSSR count). The number of aryl methyl sites for hydroxylation is 1. The molecule has 0 amide bonds. The lowest BCUT2D eigenvalue weighted by Crippen LogP contribution is -2.39. The third kappa shape index (κ3) is 3.70. The summed E-state index contributed by atoms with van der Waals surface area (Å²) < 4.78 is 0. The molecule has 1 aromatic carbocycles. The van der Waals surface area contributed by atoms with Crippen molar-refractivity contribution in [3.63, 3.8) is 0 Å². The second-order valence-corrected chi connectivity index (χ2v) is 5.43. The van der Waals surface area contributed by atoms with Crippen LogP contribution in [-0.2, 0) is 6.42 Å². The molecule has 112 valence electrons. The van der Waals surface area contributed by atoms with Crippen molar-refractivity contribution in [1.29, 1.82) is 0 Å². The second kappa shape index (κ2) is 7.04. The molecule has 1 saturated heterocycles. The molecule has 0 spiro atoms. The van der Waals surface area contributed by atoms with Crippen LogP contribution < -0.4 is 0 Å².